The number of aromatic nitrogens is 2. The largest absolute Gasteiger partial charge is 0.479 e. The molecular formula is C56H79N5O8. The standard InChI is InChI=1S/C30H42N2O5.C26H37N3O3/c1-9-36-23(33)18-21-10-12-22(13-11-21)24-19(2)31-20(3)25(27(28(34)35)37-29(4,5)6)26(24)32-16-14-30(7,8)15-17-32;1-16-20(18-8-10-19(27)11-9-18)22(29-14-12-26(6,7)13-15-29)21(17(2)28-16)23(24(30)31)32-25(3,4)5/h10-13,27H,9,14-18H2,1-8H3,(H,34,35);8-11,23H,12-15,27H2,1-7H3,(H,30,31)/t27-;23-/m00/s1. The molecule has 2 fully saturated rings. The van der Waals surface area contributed by atoms with Crippen molar-refractivity contribution in [2.75, 3.05) is 48.3 Å². The van der Waals surface area contributed by atoms with E-state index in [1.807, 2.05) is 118 Å². The maximum Gasteiger partial charge on any atom is 0.337 e. The fraction of sp³-hybridized carbons (Fsp3) is 0.554. The van der Waals surface area contributed by atoms with Crippen LogP contribution in [0.2, 0.25) is 0 Å². The number of hydrogen-bond donors (Lipinski definition) is 3. The van der Waals surface area contributed by atoms with Crippen LogP contribution < -0.4 is 15.5 Å². The van der Waals surface area contributed by atoms with Crippen LogP contribution in [0.25, 0.3) is 22.3 Å². The van der Waals surface area contributed by atoms with E-state index in [4.69, 9.17) is 29.9 Å². The number of nitrogens with zero attached hydrogens (tertiary/aromatic N) is 4. The molecule has 69 heavy (non-hydrogen) atoms. The third-order valence-corrected chi connectivity index (χ3v) is 13.0. The van der Waals surface area contributed by atoms with Gasteiger partial charge in [-0.25, -0.2) is 9.59 Å². The number of aliphatic carboxylic acids is 2. The molecule has 13 nitrogen and oxygen atoms in total. The van der Waals surface area contributed by atoms with Crippen molar-refractivity contribution in [3.63, 3.8) is 0 Å². The molecule has 0 amide bonds. The van der Waals surface area contributed by atoms with Crippen molar-refractivity contribution in [2.45, 2.75) is 159 Å². The maximum atomic E-state index is 12.6. The minimum absolute atomic E-state index is 0.207. The van der Waals surface area contributed by atoms with Crippen molar-refractivity contribution in [2.24, 2.45) is 10.8 Å². The molecule has 0 aliphatic carbocycles. The molecule has 2 atom stereocenters. The Hall–Kier alpha value is -5.53. The van der Waals surface area contributed by atoms with E-state index in [1.54, 1.807) is 6.92 Å². The SMILES string of the molecule is CCOC(=O)Cc1ccc(-c2c(C)nc(C)c([C@H](OC(C)(C)C)C(=O)O)c2N2CCC(C)(C)CC2)cc1.Cc1nc(C)c([C@H](OC(C)(C)C)C(=O)O)c(N2CCC(C)(C)CC2)c1-c1ccc(N)cc1. The fourth-order valence-electron chi connectivity index (χ4n) is 9.33. The molecule has 2 aliphatic rings. The molecule has 2 saturated heterocycles. The first-order valence-corrected chi connectivity index (χ1v) is 24.5. The third kappa shape index (κ3) is 14.1. The number of piperidine rings is 2. The highest BCUT2D eigenvalue weighted by Crippen LogP contribution is 2.47. The number of pyridine rings is 2. The molecule has 0 radical (unpaired) electrons. The van der Waals surface area contributed by atoms with Crippen molar-refractivity contribution in [3.8, 4) is 22.3 Å². The van der Waals surface area contributed by atoms with Crippen molar-refractivity contribution >= 4 is 35.0 Å². The van der Waals surface area contributed by atoms with E-state index in [0.29, 0.717) is 34.8 Å². The topological polar surface area (TPSA) is 178 Å². The molecule has 2 aromatic carbocycles. The summed E-state index contributed by atoms with van der Waals surface area (Å²) in [6.07, 6.45) is 2.02. The molecule has 4 aromatic rings. The first kappa shape index (κ1) is 54.4. The zero-order valence-corrected chi connectivity index (χ0v) is 44.1. The minimum atomic E-state index is -1.15. The van der Waals surface area contributed by atoms with Crippen LogP contribution >= 0.6 is 0 Å². The van der Waals surface area contributed by atoms with Crippen LogP contribution in [0.5, 0.6) is 0 Å². The number of esters is 1. The van der Waals surface area contributed by atoms with Crippen LogP contribution in [0, 0.1) is 38.5 Å². The molecule has 2 aliphatic heterocycles. The smallest absolute Gasteiger partial charge is 0.337 e. The molecule has 13 heteroatoms. The number of carboxylic acid groups (broad SMARTS) is 2. The molecule has 6 rings (SSSR count). The predicted octanol–water partition coefficient (Wildman–Crippen LogP) is 11.6. The van der Waals surface area contributed by atoms with Gasteiger partial charge >= 0.3 is 17.9 Å². The molecule has 4 N–H and O–H groups in total. The van der Waals surface area contributed by atoms with Crippen LogP contribution in [0.4, 0.5) is 17.1 Å². The van der Waals surface area contributed by atoms with Gasteiger partial charge in [-0.2, -0.15) is 0 Å². The van der Waals surface area contributed by atoms with Crippen molar-refractivity contribution in [3.05, 3.63) is 88.0 Å². The quantitative estimate of drug-likeness (QED) is 0.0853. The summed E-state index contributed by atoms with van der Waals surface area (Å²) >= 11 is 0. The number of benzene rings is 2. The van der Waals surface area contributed by atoms with Crippen LogP contribution in [0.15, 0.2) is 48.5 Å². The Labute approximate surface area is 411 Å². The van der Waals surface area contributed by atoms with Gasteiger partial charge in [-0.15, -0.1) is 0 Å². The van der Waals surface area contributed by atoms with E-state index in [0.717, 1.165) is 102 Å². The Morgan fingerprint density at radius 1 is 0.623 bits per heavy atom. The molecule has 4 heterocycles. The third-order valence-electron chi connectivity index (χ3n) is 13.0. The first-order chi connectivity index (χ1) is 32.0. The van der Waals surface area contributed by atoms with Crippen LogP contribution in [0.3, 0.4) is 0 Å². The van der Waals surface area contributed by atoms with Gasteiger partial charge in [-0.1, -0.05) is 64.1 Å². The highest BCUT2D eigenvalue weighted by Gasteiger charge is 2.38. The van der Waals surface area contributed by atoms with Gasteiger partial charge in [0.25, 0.3) is 0 Å². The monoisotopic (exact) mass is 950 g/mol. The Morgan fingerprint density at radius 3 is 1.29 bits per heavy atom. The van der Waals surface area contributed by atoms with Gasteiger partial charge in [0.1, 0.15) is 0 Å². The van der Waals surface area contributed by atoms with Crippen LogP contribution in [-0.4, -0.2) is 82.1 Å². The summed E-state index contributed by atoms with van der Waals surface area (Å²) in [7, 11) is 0. The van der Waals surface area contributed by atoms with Gasteiger partial charge in [-0.05, 0) is 141 Å². The fourth-order valence-corrected chi connectivity index (χ4v) is 9.33. The minimum Gasteiger partial charge on any atom is -0.479 e. The summed E-state index contributed by atoms with van der Waals surface area (Å²) in [5.41, 5.74) is 16.6. The zero-order chi connectivity index (χ0) is 51.4. The van der Waals surface area contributed by atoms with Gasteiger partial charge in [0.15, 0.2) is 12.2 Å². The Balaban J connectivity index is 0.000000260. The lowest BCUT2D eigenvalue weighted by molar-refractivity contribution is -0.161. The van der Waals surface area contributed by atoms with Gasteiger partial charge in [0.05, 0.1) is 35.6 Å². The number of anilines is 3. The van der Waals surface area contributed by atoms with E-state index in [2.05, 4.69) is 37.5 Å². The Morgan fingerprint density at radius 2 is 0.971 bits per heavy atom. The van der Waals surface area contributed by atoms with E-state index < -0.39 is 35.3 Å². The second kappa shape index (κ2) is 21.6. The number of ether oxygens (including phenoxy) is 3. The lowest BCUT2D eigenvalue weighted by atomic mass is 9.81. The molecular weight excluding hydrogens is 871 g/mol. The summed E-state index contributed by atoms with van der Waals surface area (Å²) < 4.78 is 17.3. The average Bonchev–Trinajstić information content (AvgIpc) is 3.22. The van der Waals surface area contributed by atoms with Gasteiger partial charge in [-0.3, -0.25) is 14.8 Å². The number of nitrogen functional groups attached to an aromatic ring is 1. The number of nitrogens with two attached hydrogens (primary N) is 1. The summed E-state index contributed by atoms with van der Waals surface area (Å²) in [5, 5.41) is 20.5. The molecule has 376 valence electrons. The lowest BCUT2D eigenvalue weighted by Gasteiger charge is -2.41. The number of carboxylic acids is 2. The van der Waals surface area contributed by atoms with Gasteiger partial charge in [0, 0.05) is 76.9 Å². The number of hydrogen-bond acceptors (Lipinski definition) is 11. The second-order valence-electron chi connectivity index (χ2n) is 22.3. The highest BCUT2D eigenvalue weighted by molar-refractivity contribution is 5.89. The summed E-state index contributed by atoms with van der Waals surface area (Å²) in [4.78, 5) is 51.3. The predicted molar refractivity (Wildman–Crippen MR) is 276 cm³/mol. The summed E-state index contributed by atoms with van der Waals surface area (Å²) in [5.74, 6) is -2.29. The first-order valence-electron chi connectivity index (χ1n) is 24.5. The number of aryl methyl sites for hydroxylation is 4. The van der Waals surface area contributed by atoms with Crippen molar-refractivity contribution in [1.29, 1.82) is 0 Å². The maximum absolute atomic E-state index is 12.6. The summed E-state index contributed by atoms with van der Waals surface area (Å²) in [6, 6.07) is 15.5. The van der Waals surface area contributed by atoms with E-state index in [-0.39, 0.29) is 23.2 Å². The molecule has 0 bridgehead atoms. The van der Waals surface area contributed by atoms with Gasteiger partial charge < -0.3 is 40.0 Å². The van der Waals surface area contributed by atoms with Gasteiger partial charge in [0.2, 0.25) is 0 Å². The normalized spacial score (nSPS) is 16.8. The number of rotatable bonds is 13. The molecule has 2 aromatic heterocycles. The van der Waals surface area contributed by atoms with E-state index >= 15 is 0 Å². The lowest BCUT2D eigenvalue weighted by Crippen LogP contribution is -2.39. The zero-order valence-electron chi connectivity index (χ0n) is 44.1. The second-order valence-corrected chi connectivity index (χ2v) is 22.3. The Kier molecular flexibility index (Phi) is 17.1. The van der Waals surface area contributed by atoms with E-state index in [1.165, 1.54) is 0 Å². The Bertz CT molecular complexity index is 2450. The van der Waals surface area contributed by atoms with Crippen LogP contribution in [0.1, 0.15) is 154 Å². The summed E-state index contributed by atoms with van der Waals surface area (Å²) in [6.45, 7) is 33.6. The highest BCUT2D eigenvalue weighted by atomic mass is 16.5. The van der Waals surface area contributed by atoms with E-state index in [9.17, 15) is 24.6 Å². The molecule has 0 spiro atoms. The molecule has 0 saturated carbocycles. The number of carbonyl (C=O) groups excluding carboxylic acids is 1. The van der Waals surface area contributed by atoms with Crippen molar-refractivity contribution < 1.29 is 38.8 Å². The molecule has 0 unspecified atom stereocenters. The van der Waals surface area contributed by atoms with Crippen LogP contribution in [-0.2, 0) is 35.0 Å². The average molecular weight is 950 g/mol. The van der Waals surface area contributed by atoms with Crippen molar-refractivity contribution in [1.82, 2.24) is 9.97 Å². The number of carbonyl (C=O) groups is 3.